The topological polar surface area (TPSA) is 67.1 Å². The number of nitrogens with two attached hydrogens (primary N) is 1. The minimum absolute atomic E-state index is 0.317. The maximum Gasteiger partial charge on any atom is 0.0967 e. The molecular weight excluding hydrogens is 152 g/mol. The lowest BCUT2D eigenvalue weighted by atomic mass is 10.2. The van der Waals surface area contributed by atoms with Crippen LogP contribution in [-0.2, 0) is 6.54 Å². The summed E-state index contributed by atoms with van der Waals surface area (Å²) in [6.45, 7) is 4.66. The summed E-state index contributed by atoms with van der Waals surface area (Å²) >= 11 is 0. The second-order valence-corrected chi connectivity index (χ2v) is 3.00. The van der Waals surface area contributed by atoms with Crippen LogP contribution in [0.4, 0.5) is 0 Å². The van der Waals surface area contributed by atoms with Gasteiger partial charge in [0.05, 0.1) is 18.6 Å². The highest BCUT2D eigenvalue weighted by molar-refractivity contribution is 5.82. The van der Waals surface area contributed by atoms with Crippen molar-refractivity contribution in [3.63, 3.8) is 0 Å². The summed E-state index contributed by atoms with van der Waals surface area (Å²) in [5, 5.41) is 6.53. The number of amidine groups is 1. The zero-order chi connectivity index (χ0) is 8.97. The van der Waals surface area contributed by atoms with Crippen molar-refractivity contribution in [3.05, 3.63) is 18.0 Å². The highest BCUT2D eigenvalue weighted by Crippen LogP contribution is 1.98. The predicted molar refractivity (Wildman–Crippen MR) is 48.8 cm³/mol. The average molecular weight is 166 g/mol. The van der Waals surface area contributed by atoms with Crippen molar-refractivity contribution >= 4 is 5.84 Å². The molecule has 1 aromatic heterocycles. The predicted octanol–water partition coefficient (Wildman–Crippen LogP) is 0.923. The molecule has 1 aromatic rings. The Labute approximate surface area is 71.9 Å². The zero-order valence-corrected chi connectivity index (χ0v) is 7.41. The van der Waals surface area contributed by atoms with E-state index in [1.807, 2.05) is 20.0 Å². The maximum absolute atomic E-state index is 5.65. The van der Waals surface area contributed by atoms with Gasteiger partial charge in [0.15, 0.2) is 0 Å². The highest BCUT2D eigenvalue weighted by Gasteiger charge is 1.98. The van der Waals surface area contributed by atoms with Crippen molar-refractivity contribution < 1.29 is 0 Å². The molecule has 0 amide bonds. The number of nitrogens with zero attached hydrogens (tertiary/aromatic N) is 2. The molecule has 0 aliphatic rings. The van der Waals surface area contributed by atoms with E-state index in [4.69, 9.17) is 5.73 Å². The van der Waals surface area contributed by atoms with Gasteiger partial charge in [-0.3, -0.25) is 10.1 Å². The van der Waals surface area contributed by atoms with E-state index in [1.54, 1.807) is 6.20 Å². The third-order valence-corrected chi connectivity index (χ3v) is 1.59. The lowest BCUT2D eigenvalue weighted by Gasteiger charge is -2.02. The fourth-order valence-corrected chi connectivity index (χ4v) is 0.729. The van der Waals surface area contributed by atoms with Crippen LogP contribution in [-0.4, -0.2) is 16.0 Å². The molecule has 4 heteroatoms. The average Bonchev–Trinajstić information content (AvgIpc) is 2.51. The van der Waals surface area contributed by atoms with Crippen LogP contribution in [0.2, 0.25) is 0 Å². The minimum atomic E-state index is 0.317. The van der Waals surface area contributed by atoms with Gasteiger partial charge in [-0.25, -0.2) is 0 Å². The number of rotatable bonds is 3. The molecule has 0 unspecified atom stereocenters. The standard InChI is InChI=1S/C8H14N4/c1-6(2)8(9)10-3-7-4-11-12-5-7/h4-6H,3H2,1-2H3,(H2,9,10)(H,11,12). The monoisotopic (exact) mass is 166 g/mol. The van der Waals surface area contributed by atoms with E-state index in [-0.39, 0.29) is 0 Å². The van der Waals surface area contributed by atoms with Crippen molar-refractivity contribution in [3.8, 4) is 0 Å². The molecule has 0 aromatic carbocycles. The fourth-order valence-electron chi connectivity index (χ4n) is 0.729. The van der Waals surface area contributed by atoms with Gasteiger partial charge in [-0.05, 0) is 0 Å². The molecule has 0 bridgehead atoms. The third-order valence-electron chi connectivity index (χ3n) is 1.59. The Balaban J connectivity index is 2.49. The largest absolute Gasteiger partial charge is 0.387 e. The molecule has 0 spiro atoms. The smallest absolute Gasteiger partial charge is 0.0967 e. The van der Waals surface area contributed by atoms with Crippen LogP contribution in [0.3, 0.4) is 0 Å². The van der Waals surface area contributed by atoms with E-state index in [9.17, 15) is 0 Å². The van der Waals surface area contributed by atoms with Gasteiger partial charge in [-0.2, -0.15) is 5.10 Å². The summed E-state index contributed by atoms with van der Waals surface area (Å²) in [5.41, 5.74) is 6.71. The van der Waals surface area contributed by atoms with Crippen LogP contribution in [0.15, 0.2) is 17.4 Å². The Hall–Kier alpha value is -1.32. The first-order chi connectivity index (χ1) is 5.70. The third kappa shape index (κ3) is 2.38. The normalized spacial score (nSPS) is 12.4. The van der Waals surface area contributed by atoms with Gasteiger partial charge in [0.25, 0.3) is 0 Å². The number of aromatic nitrogens is 2. The van der Waals surface area contributed by atoms with Crippen LogP contribution in [0.1, 0.15) is 19.4 Å². The lowest BCUT2D eigenvalue weighted by Crippen LogP contribution is -2.18. The van der Waals surface area contributed by atoms with E-state index in [2.05, 4.69) is 15.2 Å². The molecule has 0 atom stereocenters. The molecule has 0 fully saturated rings. The molecule has 1 rings (SSSR count). The number of aromatic amines is 1. The molecule has 12 heavy (non-hydrogen) atoms. The SMILES string of the molecule is CC(C)C(N)=NCc1cn[nH]c1. The molecule has 1 heterocycles. The first-order valence-electron chi connectivity index (χ1n) is 3.97. The Morgan fingerprint density at radius 1 is 1.75 bits per heavy atom. The first kappa shape index (κ1) is 8.77. The van der Waals surface area contributed by atoms with Crippen LogP contribution >= 0.6 is 0 Å². The Morgan fingerprint density at radius 2 is 2.50 bits per heavy atom. The molecule has 3 N–H and O–H groups in total. The van der Waals surface area contributed by atoms with E-state index in [0.29, 0.717) is 18.3 Å². The summed E-state index contributed by atoms with van der Waals surface area (Å²) in [6, 6.07) is 0. The van der Waals surface area contributed by atoms with Gasteiger partial charge in [0.1, 0.15) is 0 Å². The summed E-state index contributed by atoms with van der Waals surface area (Å²) in [4.78, 5) is 4.20. The molecule has 66 valence electrons. The second-order valence-electron chi connectivity index (χ2n) is 3.00. The molecule has 0 aliphatic heterocycles. The molecular formula is C8H14N4. The summed E-state index contributed by atoms with van der Waals surface area (Å²) in [6.07, 6.45) is 3.56. The quantitative estimate of drug-likeness (QED) is 0.518. The molecule has 0 saturated carbocycles. The first-order valence-corrected chi connectivity index (χ1v) is 3.97. The van der Waals surface area contributed by atoms with Gasteiger partial charge < -0.3 is 5.73 Å². The van der Waals surface area contributed by atoms with Crippen molar-refractivity contribution in [2.24, 2.45) is 16.6 Å². The highest BCUT2D eigenvalue weighted by atomic mass is 15.1. The van der Waals surface area contributed by atoms with E-state index < -0.39 is 0 Å². The van der Waals surface area contributed by atoms with Crippen molar-refractivity contribution in [1.29, 1.82) is 0 Å². The Bertz CT molecular complexity index is 248. The molecule has 0 aliphatic carbocycles. The van der Waals surface area contributed by atoms with Crippen LogP contribution in [0.5, 0.6) is 0 Å². The van der Waals surface area contributed by atoms with Crippen LogP contribution in [0.25, 0.3) is 0 Å². The van der Waals surface area contributed by atoms with Gasteiger partial charge in [0.2, 0.25) is 0 Å². The zero-order valence-electron chi connectivity index (χ0n) is 7.41. The summed E-state index contributed by atoms with van der Waals surface area (Å²) in [7, 11) is 0. The number of hydrogen-bond acceptors (Lipinski definition) is 2. The summed E-state index contributed by atoms with van der Waals surface area (Å²) < 4.78 is 0. The Morgan fingerprint density at radius 3 is 3.00 bits per heavy atom. The van der Waals surface area contributed by atoms with E-state index >= 15 is 0 Å². The number of nitrogens with one attached hydrogen (secondary N) is 1. The van der Waals surface area contributed by atoms with Crippen LogP contribution < -0.4 is 5.73 Å². The number of H-pyrrole nitrogens is 1. The molecule has 4 nitrogen and oxygen atoms in total. The fraction of sp³-hybridized carbons (Fsp3) is 0.500. The number of aliphatic imine (C=N–C) groups is 1. The number of hydrogen-bond donors (Lipinski definition) is 2. The minimum Gasteiger partial charge on any atom is -0.387 e. The van der Waals surface area contributed by atoms with E-state index in [1.165, 1.54) is 0 Å². The van der Waals surface area contributed by atoms with Crippen molar-refractivity contribution in [1.82, 2.24) is 10.2 Å². The second kappa shape index (κ2) is 3.90. The van der Waals surface area contributed by atoms with Gasteiger partial charge >= 0.3 is 0 Å². The Kier molecular flexibility index (Phi) is 2.85. The van der Waals surface area contributed by atoms with Gasteiger partial charge in [0, 0.05) is 17.7 Å². The summed E-state index contributed by atoms with van der Waals surface area (Å²) in [5.74, 6) is 1.01. The molecule has 0 radical (unpaired) electrons. The van der Waals surface area contributed by atoms with Crippen molar-refractivity contribution in [2.75, 3.05) is 0 Å². The van der Waals surface area contributed by atoms with Crippen LogP contribution in [0, 0.1) is 5.92 Å². The molecule has 0 saturated heterocycles. The van der Waals surface area contributed by atoms with Crippen molar-refractivity contribution in [2.45, 2.75) is 20.4 Å². The van der Waals surface area contributed by atoms with Gasteiger partial charge in [-0.15, -0.1) is 0 Å². The van der Waals surface area contributed by atoms with Gasteiger partial charge in [-0.1, -0.05) is 13.8 Å². The van der Waals surface area contributed by atoms with E-state index in [0.717, 1.165) is 5.56 Å². The lowest BCUT2D eigenvalue weighted by molar-refractivity contribution is 0.855. The maximum atomic E-state index is 5.65.